The molecule has 0 rings (SSSR count). The van der Waals surface area contributed by atoms with Crippen molar-refractivity contribution in [2.24, 2.45) is 5.92 Å². The normalized spacial score (nSPS) is 13.2. The first-order valence-corrected chi connectivity index (χ1v) is 11.3. The van der Waals surface area contributed by atoms with E-state index < -0.39 is 8.45 Å². The fourth-order valence-electron chi connectivity index (χ4n) is 3.21. The van der Waals surface area contributed by atoms with Gasteiger partial charge in [-0.15, -0.1) is 0 Å². The van der Waals surface area contributed by atoms with E-state index in [-0.39, 0.29) is 0 Å². The van der Waals surface area contributed by atoms with Gasteiger partial charge in [0.05, 0.1) is 6.61 Å². The maximum absolute atomic E-state index is 6.54. The third-order valence-corrected chi connectivity index (χ3v) is 7.20. The maximum Gasteiger partial charge on any atom is 0.188 e. The van der Waals surface area contributed by atoms with Gasteiger partial charge >= 0.3 is 0 Å². The molecule has 0 saturated heterocycles. The molecule has 0 aliphatic heterocycles. The second-order valence-corrected chi connectivity index (χ2v) is 10.2. The summed E-state index contributed by atoms with van der Waals surface area (Å²) < 4.78 is 11.7. The van der Waals surface area contributed by atoms with Gasteiger partial charge in [0.2, 0.25) is 0 Å². The highest BCUT2D eigenvalue weighted by Gasteiger charge is 2.34. The maximum atomic E-state index is 6.54. The highest BCUT2D eigenvalue weighted by atomic mass is 31.2. The fraction of sp³-hybridized carbons (Fsp3) is 1.00. The van der Waals surface area contributed by atoms with E-state index in [4.69, 9.17) is 4.52 Å². The molecule has 0 unspecified atom stereocenters. The van der Waals surface area contributed by atoms with Crippen LogP contribution in [-0.2, 0) is 4.52 Å². The first kappa shape index (κ1) is 24.3. The molecule has 0 saturated carbocycles. The molecule has 4 heteroatoms. The molecule has 0 N–H and O–H groups in total. The van der Waals surface area contributed by atoms with Gasteiger partial charge in [-0.2, -0.15) is 0 Å². The van der Waals surface area contributed by atoms with Gasteiger partial charge in [-0.3, -0.25) is 0 Å². The van der Waals surface area contributed by atoms with Crippen LogP contribution in [0.15, 0.2) is 0 Å². The summed E-state index contributed by atoms with van der Waals surface area (Å²) in [6.45, 7) is 23.8. The van der Waals surface area contributed by atoms with Gasteiger partial charge in [0, 0.05) is 24.2 Å². The molecule has 0 spiro atoms. The molecule has 0 aliphatic carbocycles. The van der Waals surface area contributed by atoms with E-state index in [0.29, 0.717) is 24.2 Å². The van der Waals surface area contributed by atoms with E-state index in [1.807, 2.05) is 0 Å². The number of rotatable bonds is 13. The molecule has 0 fully saturated rings. The van der Waals surface area contributed by atoms with Crippen LogP contribution >= 0.6 is 8.45 Å². The number of nitrogens with zero attached hydrogens (tertiary/aromatic N) is 2. The molecule has 0 amide bonds. The lowest BCUT2D eigenvalue weighted by Gasteiger charge is -2.45. The lowest BCUT2D eigenvalue weighted by Crippen LogP contribution is -2.43. The van der Waals surface area contributed by atoms with Gasteiger partial charge in [0.25, 0.3) is 0 Å². The SMILES string of the molecule is CC(C)CCCCCOP(N(C(C)C)C(C)C)N(C(C)C)C(C)C. The van der Waals surface area contributed by atoms with E-state index in [1.165, 1.54) is 25.7 Å². The lowest BCUT2D eigenvalue weighted by molar-refractivity contribution is 0.184. The van der Waals surface area contributed by atoms with Crippen molar-refractivity contribution in [3.63, 3.8) is 0 Å². The smallest absolute Gasteiger partial charge is 0.188 e. The summed E-state index contributed by atoms with van der Waals surface area (Å²) in [6.07, 6.45) is 5.13. The van der Waals surface area contributed by atoms with Gasteiger partial charge in [-0.25, -0.2) is 9.34 Å². The third-order valence-electron chi connectivity index (χ3n) is 4.14. The van der Waals surface area contributed by atoms with Gasteiger partial charge < -0.3 is 4.52 Å². The van der Waals surface area contributed by atoms with Gasteiger partial charge in [-0.1, -0.05) is 33.1 Å². The Morgan fingerprint density at radius 2 is 1.04 bits per heavy atom. The van der Waals surface area contributed by atoms with E-state index in [1.54, 1.807) is 0 Å². The van der Waals surface area contributed by atoms with Crippen molar-refractivity contribution >= 4 is 8.45 Å². The summed E-state index contributed by atoms with van der Waals surface area (Å²) in [7, 11) is -0.712. The van der Waals surface area contributed by atoms with Crippen LogP contribution in [-0.4, -0.2) is 40.1 Å². The largest absolute Gasteiger partial charge is 0.331 e. The van der Waals surface area contributed by atoms with Crippen molar-refractivity contribution in [2.45, 2.75) is 119 Å². The first-order chi connectivity index (χ1) is 11.1. The number of hydrogen-bond donors (Lipinski definition) is 0. The molecule has 0 radical (unpaired) electrons. The average Bonchev–Trinajstić information content (AvgIpc) is 2.40. The standard InChI is InChI=1S/C20H45N2OP/c1-16(2)14-12-11-13-15-23-24(21(17(3)4)18(5)6)22(19(7)8)20(9)10/h16-20H,11-15H2,1-10H3. The summed E-state index contributed by atoms with van der Waals surface area (Å²) in [5.74, 6) is 0.817. The Bertz CT molecular complexity index is 270. The quantitative estimate of drug-likeness (QED) is 0.269. The molecule has 0 atom stereocenters. The minimum atomic E-state index is -0.712. The van der Waals surface area contributed by atoms with Crippen molar-refractivity contribution in [3.8, 4) is 0 Å². The molecule has 146 valence electrons. The molecule has 0 bridgehead atoms. The average molecular weight is 361 g/mol. The molecule has 0 heterocycles. The Morgan fingerprint density at radius 1 is 0.625 bits per heavy atom. The van der Waals surface area contributed by atoms with Gasteiger partial charge in [-0.05, 0) is 67.7 Å². The zero-order valence-electron chi connectivity index (χ0n) is 18.2. The van der Waals surface area contributed by atoms with E-state index in [2.05, 4.69) is 78.6 Å². The Balaban J connectivity index is 4.86. The van der Waals surface area contributed by atoms with E-state index in [9.17, 15) is 0 Å². The minimum Gasteiger partial charge on any atom is -0.331 e. The van der Waals surface area contributed by atoms with Crippen LogP contribution in [0.3, 0.4) is 0 Å². The Kier molecular flexibility index (Phi) is 12.8. The highest BCUT2D eigenvalue weighted by Crippen LogP contribution is 2.50. The molecule has 0 aromatic rings. The number of hydrogen-bond acceptors (Lipinski definition) is 3. The van der Waals surface area contributed by atoms with Crippen molar-refractivity contribution in [1.29, 1.82) is 0 Å². The first-order valence-electron chi connectivity index (χ1n) is 10.1. The molecular formula is C20H45N2OP. The molecular weight excluding hydrogens is 315 g/mol. The third kappa shape index (κ3) is 9.13. The van der Waals surface area contributed by atoms with Crippen molar-refractivity contribution < 1.29 is 4.52 Å². The zero-order valence-corrected chi connectivity index (χ0v) is 19.1. The molecule has 0 aromatic carbocycles. The van der Waals surface area contributed by atoms with Crippen LogP contribution in [0.4, 0.5) is 0 Å². The van der Waals surface area contributed by atoms with E-state index >= 15 is 0 Å². The fourth-order valence-corrected chi connectivity index (χ4v) is 5.59. The lowest BCUT2D eigenvalue weighted by atomic mass is 10.1. The predicted octanol–water partition coefficient (Wildman–Crippen LogP) is 6.68. The highest BCUT2D eigenvalue weighted by molar-refractivity contribution is 7.47. The summed E-state index contributed by atoms with van der Waals surface area (Å²) in [4.78, 5) is 0. The van der Waals surface area contributed by atoms with Crippen LogP contribution in [0.5, 0.6) is 0 Å². The van der Waals surface area contributed by atoms with Gasteiger partial charge in [0.15, 0.2) is 8.45 Å². The molecule has 0 aromatic heterocycles. The second-order valence-electron chi connectivity index (χ2n) is 8.46. The number of unbranched alkanes of at least 4 members (excludes halogenated alkanes) is 2. The van der Waals surface area contributed by atoms with E-state index in [0.717, 1.165) is 12.5 Å². The second kappa shape index (κ2) is 12.6. The van der Waals surface area contributed by atoms with Gasteiger partial charge in [0.1, 0.15) is 0 Å². The monoisotopic (exact) mass is 360 g/mol. The predicted molar refractivity (Wildman–Crippen MR) is 110 cm³/mol. The topological polar surface area (TPSA) is 15.7 Å². The van der Waals surface area contributed by atoms with Crippen LogP contribution in [0.1, 0.15) is 94.9 Å². The molecule has 3 nitrogen and oxygen atoms in total. The summed E-state index contributed by atoms with van der Waals surface area (Å²) >= 11 is 0. The van der Waals surface area contributed by atoms with Crippen LogP contribution in [0.25, 0.3) is 0 Å². The zero-order chi connectivity index (χ0) is 18.9. The van der Waals surface area contributed by atoms with Crippen molar-refractivity contribution in [1.82, 2.24) is 9.34 Å². The van der Waals surface area contributed by atoms with Crippen molar-refractivity contribution in [3.05, 3.63) is 0 Å². The molecule has 24 heavy (non-hydrogen) atoms. The van der Waals surface area contributed by atoms with Crippen molar-refractivity contribution in [2.75, 3.05) is 6.61 Å². The Morgan fingerprint density at radius 3 is 1.38 bits per heavy atom. The van der Waals surface area contributed by atoms with Crippen LogP contribution in [0, 0.1) is 5.92 Å². The van der Waals surface area contributed by atoms with Crippen LogP contribution < -0.4 is 0 Å². The summed E-state index contributed by atoms with van der Waals surface area (Å²) in [6, 6.07) is 1.99. The Hall–Kier alpha value is 0.310. The minimum absolute atomic E-state index is 0.497. The summed E-state index contributed by atoms with van der Waals surface area (Å²) in [5, 5.41) is 0. The summed E-state index contributed by atoms with van der Waals surface area (Å²) in [5.41, 5.74) is 0. The Labute approximate surface area is 154 Å². The molecule has 0 aliphatic rings. The van der Waals surface area contributed by atoms with Crippen LogP contribution in [0.2, 0.25) is 0 Å².